The molecule has 1 aromatic heterocycles. The lowest BCUT2D eigenvalue weighted by molar-refractivity contribution is -0.117. The summed E-state index contributed by atoms with van der Waals surface area (Å²) in [5.74, 6) is -0.200. The van der Waals surface area contributed by atoms with Gasteiger partial charge in [-0.05, 0) is 41.4 Å². The summed E-state index contributed by atoms with van der Waals surface area (Å²) in [7, 11) is 1.66. The van der Waals surface area contributed by atoms with Crippen LogP contribution in [-0.2, 0) is 4.79 Å². The summed E-state index contributed by atoms with van der Waals surface area (Å²) in [5, 5.41) is 6.60. The van der Waals surface area contributed by atoms with Gasteiger partial charge in [0.1, 0.15) is 0 Å². The summed E-state index contributed by atoms with van der Waals surface area (Å²) in [6.45, 7) is 0.105. The number of aromatic amines is 1. The van der Waals surface area contributed by atoms with Gasteiger partial charge in [0, 0.05) is 29.0 Å². The number of pyridine rings is 1. The van der Waals surface area contributed by atoms with Gasteiger partial charge in [0.05, 0.1) is 6.54 Å². The predicted octanol–water partition coefficient (Wildman–Crippen LogP) is 2.21. The minimum Gasteiger partial charge on any atom is -0.325 e. The number of nitrogens with one attached hydrogen (secondary N) is 3. The summed E-state index contributed by atoms with van der Waals surface area (Å²) in [5.41, 5.74) is 1.26. The third-order valence-corrected chi connectivity index (χ3v) is 3.83. The highest BCUT2D eigenvalue weighted by Gasteiger charge is 2.08. The number of hydrazine groups is 1. The molecule has 0 atom stereocenters. The fraction of sp³-hybridized carbons (Fsp3) is 0.125. The Morgan fingerprint density at radius 2 is 1.91 bits per heavy atom. The number of H-pyrrole nitrogens is 1. The first kappa shape index (κ1) is 15.5. The van der Waals surface area contributed by atoms with Crippen molar-refractivity contribution in [2.45, 2.75) is 0 Å². The van der Waals surface area contributed by atoms with E-state index in [9.17, 15) is 9.59 Å². The maximum absolute atomic E-state index is 12.1. The molecule has 0 aliphatic rings. The number of amides is 1. The van der Waals surface area contributed by atoms with Crippen molar-refractivity contribution in [3.63, 3.8) is 0 Å². The van der Waals surface area contributed by atoms with Gasteiger partial charge in [-0.25, -0.2) is 5.01 Å². The number of aromatic nitrogens is 1. The molecule has 0 bridgehead atoms. The van der Waals surface area contributed by atoms with Gasteiger partial charge in [0.25, 0.3) is 5.56 Å². The van der Waals surface area contributed by atoms with E-state index in [4.69, 9.17) is 11.8 Å². The van der Waals surface area contributed by atoms with E-state index >= 15 is 0 Å². The van der Waals surface area contributed by atoms with Gasteiger partial charge < -0.3 is 10.3 Å². The molecule has 118 valence electrons. The minimum absolute atomic E-state index is 0.105. The van der Waals surface area contributed by atoms with Crippen LogP contribution in [0.5, 0.6) is 0 Å². The van der Waals surface area contributed by atoms with Crippen LogP contribution >= 0.6 is 11.8 Å². The number of carbonyl (C=O) groups excluding carboxylic acids is 1. The van der Waals surface area contributed by atoms with Crippen molar-refractivity contribution in [1.29, 1.82) is 0 Å². The number of rotatable bonds is 4. The van der Waals surface area contributed by atoms with Crippen LogP contribution in [0.25, 0.3) is 21.7 Å². The van der Waals surface area contributed by atoms with E-state index < -0.39 is 0 Å². The van der Waals surface area contributed by atoms with Crippen LogP contribution in [0.3, 0.4) is 0 Å². The molecule has 1 amide bonds. The van der Waals surface area contributed by atoms with Gasteiger partial charge in [-0.2, -0.15) is 4.94 Å². The van der Waals surface area contributed by atoms with Gasteiger partial charge in [0.2, 0.25) is 5.91 Å². The quantitative estimate of drug-likeness (QED) is 0.389. The topological polar surface area (TPSA) is 77.2 Å². The molecule has 0 aliphatic carbocycles. The molecule has 3 aromatic rings. The molecular weight excluding hydrogens is 316 g/mol. The molecule has 23 heavy (non-hydrogen) atoms. The van der Waals surface area contributed by atoms with Crippen LogP contribution in [0.15, 0.2) is 47.3 Å². The van der Waals surface area contributed by atoms with Gasteiger partial charge in [0.15, 0.2) is 0 Å². The Kier molecular flexibility index (Phi) is 4.29. The van der Waals surface area contributed by atoms with Gasteiger partial charge in [-0.3, -0.25) is 9.59 Å². The second-order valence-corrected chi connectivity index (χ2v) is 5.42. The van der Waals surface area contributed by atoms with Crippen LogP contribution in [-0.4, -0.2) is 29.5 Å². The van der Waals surface area contributed by atoms with Crippen LogP contribution in [0.4, 0.5) is 5.69 Å². The Balaban J connectivity index is 2.01. The molecule has 3 N–H and O–H groups in total. The third kappa shape index (κ3) is 3.19. The molecule has 2 aromatic carbocycles. The molecule has 0 aliphatic heterocycles. The number of nitrogens with zero attached hydrogens (tertiary/aromatic N) is 1. The van der Waals surface area contributed by atoms with Gasteiger partial charge in [-0.15, -0.1) is 0 Å². The smallest absolute Gasteiger partial charge is 0.256 e. The van der Waals surface area contributed by atoms with Crippen LogP contribution in [0, 0.1) is 0 Å². The highest BCUT2D eigenvalue weighted by Crippen LogP contribution is 2.24. The first-order valence-electron chi connectivity index (χ1n) is 7.00. The van der Waals surface area contributed by atoms with Gasteiger partial charge >= 0.3 is 0 Å². The highest BCUT2D eigenvalue weighted by atomic mass is 35.5. The molecule has 7 heteroatoms. The first-order valence-corrected chi connectivity index (χ1v) is 7.38. The number of halogens is 1. The molecule has 0 radical (unpaired) electrons. The maximum atomic E-state index is 12.1. The van der Waals surface area contributed by atoms with E-state index in [-0.39, 0.29) is 18.0 Å². The van der Waals surface area contributed by atoms with Crippen LogP contribution < -0.4 is 15.8 Å². The fourth-order valence-corrected chi connectivity index (χ4v) is 2.57. The molecule has 1 heterocycles. The van der Waals surface area contributed by atoms with E-state index in [1.54, 1.807) is 25.2 Å². The normalized spacial score (nSPS) is 11.3. The molecule has 0 unspecified atom stereocenters. The second kappa shape index (κ2) is 6.37. The third-order valence-electron chi connectivity index (χ3n) is 3.54. The van der Waals surface area contributed by atoms with Gasteiger partial charge in [-0.1, -0.05) is 18.2 Å². The van der Waals surface area contributed by atoms with E-state index in [0.717, 1.165) is 16.3 Å². The molecule has 6 nitrogen and oxygen atoms in total. The van der Waals surface area contributed by atoms with Crippen molar-refractivity contribution in [1.82, 2.24) is 14.9 Å². The van der Waals surface area contributed by atoms with Crippen molar-refractivity contribution in [2.75, 3.05) is 18.9 Å². The van der Waals surface area contributed by atoms with Crippen LogP contribution in [0.2, 0.25) is 0 Å². The summed E-state index contributed by atoms with van der Waals surface area (Å²) < 4.78 is 0. The SMILES string of the molecule is CN(CC(=O)Nc1ccc2[nH]c(=O)c3ccccc3c2c1)NCl. The van der Waals surface area contributed by atoms with Crippen molar-refractivity contribution < 1.29 is 4.79 Å². The summed E-state index contributed by atoms with van der Waals surface area (Å²) in [4.78, 5) is 29.2. The lowest BCUT2D eigenvalue weighted by atomic mass is 10.1. The predicted molar refractivity (Wildman–Crippen MR) is 92.3 cm³/mol. The number of likely N-dealkylation sites (N-methyl/N-ethyl adjacent to an activating group) is 1. The minimum atomic E-state index is -0.200. The Hall–Kier alpha value is -2.41. The van der Waals surface area contributed by atoms with Crippen molar-refractivity contribution in [2.24, 2.45) is 0 Å². The first-order chi connectivity index (χ1) is 11.1. The second-order valence-electron chi connectivity index (χ2n) is 5.25. The molecule has 0 saturated carbocycles. The average Bonchev–Trinajstić information content (AvgIpc) is 2.55. The van der Waals surface area contributed by atoms with Crippen molar-refractivity contribution in [3.8, 4) is 0 Å². The Bertz CT molecular complexity index is 938. The van der Waals surface area contributed by atoms with Crippen molar-refractivity contribution in [3.05, 3.63) is 52.8 Å². The molecule has 3 rings (SSSR count). The highest BCUT2D eigenvalue weighted by molar-refractivity contribution is 6.13. The lowest BCUT2D eigenvalue weighted by Gasteiger charge is -2.13. The number of hydrogen-bond donors (Lipinski definition) is 3. The zero-order chi connectivity index (χ0) is 16.4. The summed E-state index contributed by atoms with van der Waals surface area (Å²) in [6, 6.07) is 12.8. The number of fused-ring (bicyclic) bond motifs is 3. The molecule has 0 spiro atoms. The number of hydrogen-bond acceptors (Lipinski definition) is 4. The van der Waals surface area contributed by atoms with Crippen LogP contribution in [0.1, 0.15) is 0 Å². The summed E-state index contributed by atoms with van der Waals surface area (Å²) >= 11 is 5.42. The van der Waals surface area contributed by atoms with E-state index in [1.807, 2.05) is 24.3 Å². The fourth-order valence-electron chi connectivity index (χ4n) is 2.51. The Morgan fingerprint density at radius 1 is 1.17 bits per heavy atom. The Labute approximate surface area is 137 Å². The average molecular weight is 331 g/mol. The van der Waals surface area contributed by atoms with E-state index in [2.05, 4.69) is 15.2 Å². The van der Waals surface area contributed by atoms with E-state index in [1.165, 1.54) is 5.01 Å². The molecule has 0 fully saturated rings. The zero-order valence-electron chi connectivity index (χ0n) is 12.4. The van der Waals surface area contributed by atoms with Crippen molar-refractivity contribution >= 4 is 45.0 Å². The lowest BCUT2D eigenvalue weighted by Crippen LogP contribution is -2.35. The zero-order valence-corrected chi connectivity index (χ0v) is 13.1. The maximum Gasteiger partial charge on any atom is 0.256 e. The number of anilines is 1. The standard InChI is InChI=1S/C16H15ClN4O2/c1-21(20-17)9-15(22)18-10-6-7-14-13(8-10)11-4-2-3-5-12(11)16(23)19-14/h2-8,20H,9H2,1H3,(H,18,22)(H,19,23). The number of carbonyl (C=O) groups is 1. The Morgan fingerprint density at radius 3 is 2.65 bits per heavy atom. The number of benzene rings is 2. The summed E-state index contributed by atoms with van der Waals surface area (Å²) in [6.07, 6.45) is 0. The van der Waals surface area contributed by atoms with E-state index in [0.29, 0.717) is 11.1 Å². The largest absolute Gasteiger partial charge is 0.325 e. The molecular formula is C16H15ClN4O2. The molecule has 0 saturated heterocycles. The monoisotopic (exact) mass is 330 g/mol.